The first kappa shape index (κ1) is 19.1. The Hall–Kier alpha value is -3.28. The molecule has 0 saturated carbocycles. The van der Waals surface area contributed by atoms with Gasteiger partial charge in [-0.3, -0.25) is 4.99 Å². The molecule has 0 atom stereocenters. The number of nitrogens with one attached hydrogen (secondary N) is 3. The van der Waals surface area contributed by atoms with Crippen molar-refractivity contribution in [1.82, 2.24) is 15.6 Å². The van der Waals surface area contributed by atoms with Gasteiger partial charge in [-0.1, -0.05) is 24.3 Å². The van der Waals surface area contributed by atoms with E-state index in [9.17, 15) is 4.39 Å². The molecular formula is C23H26FN5. The van der Waals surface area contributed by atoms with E-state index in [1.807, 2.05) is 12.3 Å². The summed E-state index contributed by atoms with van der Waals surface area (Å²) in [5, 5.41) is 7.76. The Balaban J connectivity index is 1.26. The molecule has 2 heterocycles. The number of aliphatic imine (C=N–C) groups is 1. The fraction of sp³-hybridized carbons (Fsp3) is 0.261. The number of hydrogen-bond donors (Lipinski definition) is 3. The molecule has 0 spiro atoms. The van der Waals surface area contributed by atoms with Crippen molar-refractivity contribution < 1.29 is 4.39 Å². The first-order valence-corrected chi connectivity index (χ1v) is 9.92. The van der Waals surface area contributed by atoms with Gasteiger partial charge in [-0.05, 0) is 47.9 Å². The number of halogens is 1. The summed E-state index contributed by atoms with van der Waals surface area (Å²) in [4.78, 5) is 9.76. The summed E-state index contributed by atoms with van der Waals surface area (Å²) < 4.78 is 13.3. The van der Waals surface area contributed by atoms with Crippen molar-refractivity contribution in [3.63, 3.8) is 0 Å². The molecule has 0 amide bonds. The smallest absolute Gasteiger partial charge is 0.191 e. The van der Waals surface area contributed by atoms with Crippen LogP contribution < -0.4 is 15.5 Å². The molecule has 1 aromatic heterocycles. The van der Waals surface area contributed by atoms with Crippen LogP contribution in [0.2, 0.25) is 0 Å². The van der Waals surface area contributed by atoms with E-state index in [1.54, 1.807) is 7.05 Å². The average Bonchev–Trinajstić information content (AvgIpc) is 3.41. The van der Waals surface area contributed by atoms with Gasteiger partial charge < -0.3 is 20.5 Å². The van der Waals surface area contributed by atoms with Crippen molar-refractivity contribution in [2.24, 2.45) is 4.99 Å². The lowest BCUT2D eigenvalue weighted by Crippen LogP contribution is -2.37. The zero-order chi connectivity index (χ0) is 20.1. The third kappa shape index (κ3) is 4.59. The zero-order valence-electron chi connectivity index (χ0n) is 16.6. The second kappa shape index (κ2) is 8.82. The number of H-pyrrole nitrogens is 1. The Kier molecular flexibility index (Phi) is 5.79. The lowest BCUT2D eigenvalue weighted by atomic mass is 10.1. The molecule has 5 nitrogen and oxygen atoms in total. The van der Waals surface area contributed by atoms with E-state index in [1.165, 1.54) is 23.4 Å². The number of anilines is 1. The first-order chi connectivity index (χ1) is 14.2. The first-order valence-electron chi connectivity index (χ1n) is 9.92. The van der Waals surface area contributed by atoms with Crippen LogP contribution in [0.1, 0.15) is 11.1 Å². The normalized spacial score (nSPS) is 14.0. The highest BCUT2D eigenvalue weighted by atomic mass is 19.1. The summed E-state index contributed by atoms with van der Waals surface area (Å²) in [5.74, 6) is 0.544. The number of rotatable bonds is 6. The number of benzene rings is 2. The molecule has 0 radical (unpaired) electrons. The highest BCUT2D eigenvalue weighted by Crippen LogP contribution is 2.19. The molecule has 29 heavy (non-hydrogen) atoms. The maximum absolute atomic E-state index is 13.3. The van der Waals surface area contributed by atoms with Crippen LogP contribution in [0, 0.1) is 5.82 Å². The van der Waals surface area contributed by atoms with Crippen molar-refractivity contribution >= 4 is 22.5 Å². The predicted octanol–water partition coefficient (Wildman–Crippen LogP) is 3.59. The monoisotopic (exact) mass is 391 g/mol. The summed E-state index contributed by atoms with van der Waals surface area (Å²) in [6, 6.07) is 13.5. The van der Waals surface area contributed by atoms with Gasteiger partial charge in [0, 0.05) is 56.0 Å². The van der Waals surface area contributed by atoms with Crippen LogP contribution in [-0.4, -0.2) is 37.6 Å². The minimum atomic E-state index is -0.223. The van der Waals surface area contributed by atoms with Crippen molar-refractivity contribution in [3.05, 3.63) is 77.8 Å². The Morgan fingerprint density at radius 2 is 1.90 bits per heavy atom. The van der Waals surface area contributed by atoms with Crippen molar-refractivity contribution in [2.75, 3.05) is 31.6 Å². The number of guanidine groups is 1. The highest BCUT2D eigenvalue weighted by Gasteiger charge is 2.08. The molecule has 3 N–H and O–H groups in total. The summed E-state index contributed by atoms with van der Waals surface area (Å²) in [6.07, 6.45) is 7.16. The second-order valence-corrected chi connectivity index (χ2v) is 7.15. The van der Waals surface area contributed by atoms with E-state index >= 15 is 0 Å². The van der Waals surface area contributed by atoms with E-state index in [0.29, 0.717) is 6.54 Å². The van der Waals surface area contributed by atoms with E-state index < -0.39 is 0 Å². The standard InChI is InChI=1S/C23H26FN5/c1-25-23(26-11-10-18-16-27-22-14-19(24)6-9-21(18)22)28-15-17-4-7-20(8-5-17)29-12-2-3-13-29/h2-9,14,16,27H,10-13,15H2,1H3,(H2,25,26,28). The van der Waals surface area contributed by atoms with Crippen LogP contribution in [0.4, 0.5) is 10.1 Å². The van der Waals surface area contributed by atoms with Crippen LogP contribution in [-0.2, 0) is 13.0 Å². The highest BCUT2D eigenvalue weighted by molar-refractivity contribution is 5.83. The summed E-state index contributed by atoms with van der Waals surface area (Å²) in [6.45, 7) is 3.43. The average molecular weight is 391 g/mol. The third-order valence-electron chi connectivity index (χ3n) is 5.22. The van der Waals surface area contributed by atoms with Crippen molar-refractivity contribution in [1.29, 1.82) is 0 Å². The fourth-order valence-corrected chi connectivity index (χ4v) is 3.60. The largest absolute Gasteiger partial charge is 0.364 e. The van der Waals surface area contributed by atoms with Crippen LogP contribution in [0.25, 0.3) is 10.9 Å². The van der Waals surface area contributed by atoms with E-state index in [0.717, 1.165) is 48.5 Å². The lowest BCUT2D eigenvalue weighted by Gasteiger charge is -2.18. The number of aromatic nitrogens is 1. The molecule has 0 bridgehead atoms. The molecule has 3 aromatic rings. The van der Waals surface area contributed by atoms with Gasteiger partial charge in [0.1, 0.15) is 5.82 Å². The molecule has 0 unspecified atom stereocenters. The molecule has 0 aliphatic carbocycles. The van der Waals surface area contributed by atoms with E-state index in [-0.39, 0.29) is 5.82 Å². The van der Waals surface area contributed by atoms with Crippen molar-refractivity contribution in [3.8, 4) is 0 Å². The van der Waals surface area contributed by atoms with Crippen LogP contribution in [0.15, 0.2) is 65.8 Å². The molecule has 1 aliphatic rings. The molecule has 0 fully saturated rings. The fourth-order valence-electron chi connectivity index (χ4n) is 3.60. The quantitative estimate of drug-likeness (QED) is 0.342. The van der Waals surface area contributed by atoms with Gasteiger partial charge in [0.15, 0.2) is 5.96 Å². The Morgan fingerprint density at radius 3 is 2.66 bits per heavy atom. The van der Waals surface area contributed by atoms with Crippen LogP contribution in [0.5, 0.6) is 0 Å². The Labute approximate surface area is 170 Å². The zero-order valence-corrected chi connectivity index (χ0v) is 16.6. The topological polar surface area (TPSA) is 55.5 Å². The van der Waals surface area contributed by atoms with E-state index in [4.69, 9.17) is 0 Å². The second-order valence-electron chi connectivity index (χ2n) is 7.15. The molecule has 2 aromatic carbocycles. The van der Waals surface area contributed by atoms with Gasteiger partial charge in [-0.2, -0.15) is 0 Å². The number of hydrogen-bond acceptors (Lipinski definition) is 2. The Morgan fingerprint density at radius 1 is 1.10 bits per heavy atom. The number of fused-ring (bicyclic) bond motifs is 1. The lowest BCUT2D eigenvalue weighted by molar-refractivity contribution is 0.629. The van der Waals surface area contributed by atoms with Crippen LogP contribution in [0.3, 0.4) is 0 Å². The minimum Gasteiger partial charge on any atom is -0.364 e. The number of nitrogens with zero attached hydrogens (tertiary/aromatic N) is 2. The van der Waals surface area contributed by atoms with Crippen LogP contribution >= 0.6 is 0 Å². The molecule has 150 valence electrons. The summed E-state index contributed by atoms with van der Waals surface area (Å²) in [5.41, 5.74) is 4.45. The molecule has 6 heteroatoms. The van der Waals surface area contributed by atoms with Gasteiger partial charge in [-0.15, -0.1) is 0 Å². The molecule has 1 aliphatic heterocycles. The van der Waals surface area contributed by atoms with E-state index in [2.05, 4.69) is 61.9 Å². The Bertz CT molecular complexity index is 1010. The number of aromatic amines is 1. The van der Waals surface area contributed by atoms with Crippen molar-refractivity contribution in [2.45, 2.75) is 13.0 Å². The molecule has 4 rings (SSSR count). The third-order valence-corrected chi connectivity index (χ3v) is 5.22. The van der Waals surface area contributed by atoms with Gasteiger partial charge in [0.2, 0.25) is 0 Å². The minimum absolute atomic E-state index is 0.223. The summed E-state index contributed by atoms with van der Waals surface area (Å²) in [7, 11) is 1.77. The van der Waals surface area contributed by atoms with Gasteiger partial charge in [0.25, 0.3) is 0 Å². The molecular weight excluding hydrogens is 365 g/mol. The predicted molar refractivity (Wildman–Crippen MR) is 118 cm³/mol. The summed E-state index contributed by atoms with van der Waals surface area (Å²) >= 11 is 0. The van der Waals surface area contributed by atoms with Gasteiger partial charge >= 0.3 is 0 Å². The van der Waals surface area contributed by atoms with Gasteiger partial charge in [0.05, 0.1) is 0 Å². The molecule has 0 saturated heterocycles. The SMILES string of the molecule is CN=C(NCCc1c[nH]c2cc(F)ccc12)NCc1ccc(N2CC=CC2)cc1. The van der Waals surface area contributed by atoms with Gasteiger partial charge in [-0.25, -0.2) is 4.39 Å². The maximum atomic E-state index is 13.3. The maximum Gasteiger partial charge on any atom is 0.191 e.